The highest BCUT2D eigenvalue weighted by Crippen LogP contribution is 2.12. The molecule has 1 fully saturated rings. The summed E-state index contributed by atoms with van der Waals surface area (Å²) in [6.07, 6.45) is -0.116. The second-order valence-electron chi connectivity index (χ2n) is 7.43. The molecule has 1 aliphatic heterocycles. The van der Waals surface area contributed by atoms with E-state index in [-0.39, 0.29) is 12.6 Å². The van der Waals surface area contributed by atoms with Gasteiger partial charge in [0, 0.05) is 11.1 Å². The Labute approximate surface area is 122 Å². The number of hydrogen-bond donors (Lipinski definition) is 0. The smallest absolute Gasteiger partial charge is 0.337 e. The van der Waals surface area contributed by atoms with E-state index in [1.165, 1.54) is 0 Å². The van der Waals surface area contributed by atoms with Crippen LogP contribution in [-0.4, -0.2) is 26.4 Å². The van der Waals surface area contributed by atoms with E-state index in [0.717, 1.165) is 13.7 Å². The standard InChI is InChI=1S/C14H23N3O4/c1-13(2,3)16-10(18)15(7-9-8-21-9)11(19)17(12(16)20)14(4,5)6/h9H,7-8H2,1-6H3. The molecule has 0 radical (unpaired) electrons. The largest absolute Gasteiger partial charge is 0.371 e. The minimum Gasteiger partial charge on any atom is -0.371 e. The Bertz CT molecular complexity index is 669. The van der Waals surface area contributed by atoms with Crippen molar-refractivity contribution >= 4 is 0 Å². The molecule has 7 heteroatoms. The first-order chi connectivity index (χ1) is 9.44. The summed E-state index contributed by atoms with van der Waals surface area (Å²) in [5.41, 5.74) is -3.14. The molecular weight excluding hydrogens is 274 g/mol. The predicted octanol–water partition coefficient (Wildman–Crippen LogP) is 0.0805. The van der Waals surface area contributed by atoms with Gasteiger partial charge in [0.1, 0.15) is 0 Å². The summed E-state index contributed by atoms with van der Waals surface area (Å²) in [6.45, 7) is 11.3. The van der Waals surface area contributed by atoms with E-state index in [2.05, 4.69) is 0 Å². The lowest BCUT2D eigenvalue weighted by Crippen LogP contribution is -2.61. The van der Waals surface area contributed by atoms with Gasteiger partial charge in [0.05, 0.1) is 19.3 Å². The van der Waals surface area contributed by atoms with Crippen LogP contribution >= 0.6 is 0 Å². The van der Waals surface area contributed by atoms with Gasteiger partial charge in [-0.15, -0.1) is 0 Å². The monoisotopic (exact) mass is 297 g/mol. The van der Waals surface area contributed by atoms with Gasteiger partial charge in [-0.3, -0.25) is 0 Å². The SMILES string of the molecule is CC(C)(C)n1c(=O)n(CC2CO2)c(=O)n(C(C)(C)C)c1=O. The zero-order chi connectivity index (χ0) is 16.2. The minimum atomic E-state index is -0.707. The molecule has 7 nitrogen and oxygen atoms in total. The third-order valence-corrected chi connectivity index (χ3v) is 3.36. The summed E-state index contributed by atoms with van der Waals surface area (Å²) in [5.74, 6) is 0. The molecule has 0 N–H and O–H groups in total. The highest BCUT2D eigenvalue weighted by Gasteiger charge is 2.31. The quantitative estimate of drug-likeness (QED) is 0.724. The Morgan fingerprint density at radius 3 is 1.57 bits per heavy atom. The Kier molecular flexibility index (Phi) is 3.52. The molecule has 1 saturated heterocycles. The molecule has 0 saturated carbocycles. The molecular formula is C14H23N3O4. The van der Waals surface area contributed by atoms with Gasteiger partial charge in [-0.25, -0.2) is 28.1 Å². The Morgan fingerprint density at radius 1 is 0.905 bits per heavy atom. The third-order valence-electron chi connectivity index (χ3n) is 3.36. The van der Waals surface area contributed by atoms with Crippen molar-refractivity contribution in [1.29, 1.82) is 0 Å². The molecule has 1 aromatic heterocycles. The number of rotatable bonds is 2. The third kappa shape index (κ3) is 2.88. The van der Waals surface area contributed by atoms with Gasteiger partial charge in [-0.05, 0) is 41.5 Å². The molecule has 1 unspecified atom stereocenters. The van der Waals surface area contributed by atoms with Crippen LogP contribution in [0.4, 0.5) is 0 Å². The summed E-state index contributed by atoms with van der Waals surface area (Å²) in [5, 5.41) is 0. The highest BCUT2D eigenvalue weighted by molar-refractivity contribution is 4.90. The molecule has 2 heterocycles. The zero-order valence-corrected chi connectivity index (χ0v) is 13.5. The van der Waals surface area contributed by atoms with Gasteiger partial charge in [-0.2, -0.15) is 0 Å². The van der Waals surface area contributed by atoms with Crippen molar-refractivity contribution in [2.45, 2.75) is 65.3 Å². The van der Waals surface area contributed by atoms with Crippen molar-refractivity contribution in [3.05, 3.63) is 31.5 Å². The summed E-state index contributed by atoms with van der Waals surface area (Å²) >= 11 is 0. The van der Waals surface area contributed by atoms with Gasteiger partial charge < -0.3 is 4.74 Å². The van der Waals surface area contributed by atoms with Crippen LogP contribution in [0.2, 0.25) is 0 Å². The highest BCUT2D eigenvalue weighted by atomic mass is 16.6. The van der Waals surface area contributed by atoms with Crippen LogP contribution in [0.5, 0.6) is 0 Å². The number of nitrogens with zero attached hydrogens (tertiary/aromatic N) is 3. The summed E-state index contributed by atoms with van der Waals surface area (Å²) in [7, 11) is 0. The van der Waals surface area contributed by atoms with Gasteiger partial charge >= 0.3 is 17.1 Å². The van der Waals surface area contributed by atoms with Crippen molar-refractivity contribution in [2.75, 3.05) is 6.61 Å². The van der Waals surface area contributed by atoms with Gasteiger partial charge in [-0.1, -0.05) is 0 Å². The van der Waals surface area contributed by atoms with Gasteiger partial charge in [0.15, 0.2) is 0 Å². The van der Waals surface area contributed by atoms with Crippen LogP contribution in [-0.2, 0) is 22.4 Å². The first-order valence-electron chi connectivity index (χ1n) is 7.06. The fourth-order valence-corrected chi connectivity index (χ4v) is 2.27. The van der Waals surface area contributed by atoms with Crippen molar-refractivity contribution in [3.8, 4) is 0 Å². The Morgan fingerprint density at radius 2 is 1.29 bits per heavy atom. The van der Waals surface area contributed by atoms with E-state index in [0.29, 0.717) is 6.61 Å². The summed E-state index contributed by atoms with van der Waals surface area (Å²) in [4.78, 5) is 37.8. The van der Waals surface area contributed by atoms with Crippen LogP contribution in [0, 0.1) is 0 Å². The lowest BCUT2D eigenvalue weighted by Gasteiger charge is -2.28. The van der Waals surface area contributed by atoms with Crippen molar-refractivity contribution in [1.82, 2.24) is 13.7 Å². The number of ether oxygens (including phenoxy) is 1. The van der Waals surface area contributed by atoms with Gasteiger partial charge in [0.2, 0.25) is 0 Å². The molecule has 2 rings (SSSR count). The minimum absolute atomic E-state index is 0.116. The average Bonchev–Trinajstić information content (AvgIpc) is 3.03. The van der Waals surface area contributed by atoms with Crippen molar-refractivity contribution < 1.29 is 4.74 Å². The molecule has 1 aromatic rings. The van der Waals surface area contributed by atoms with E-state index >= 15 is 0 Å². The molecule has 118 valence electrons. The second kappa shape index (κ2) is 4.69. The van der Waals surface area contributed by atoms with Gasteiger partial charge in [0.25, 0.3) is 0 Å². The fraction of sp³-hybridized carbons (Fsp3) is 0.786. The molecule has 1 aliphatic rings. The van der Waals surface area contributed by atoms with Crippen LogP contribution in [0.3, 0.4) is 0 Å². The zero-order valence-electron chi connectivity index (χ0n) is 13.5. The Balaban J connectivity index is 2.87. The first kappa shape index (κ1) is 15.8. The molecule has 0 bridgehead atoms. The second-order valence-corrected chi connectivity index (χ2v) is 7.43. The van der Waals surface area contributed by atoms with Crippen LogP contribution in [0.25, 0.3) is 0 Å². The topological polar surface area (TPSA) is 78.5 Å². The molecule has 0 aromatic carbocycles. The number of hydrogen-bond acceptors (Lipinski definition) is 4. The number of aromatic nitrogens is 3. The van der Waals surface area contributed by atoms with E-state index in [4.69, 9.17) is 4.74 Å². The van der Waals surface area contributed by atoms with Crippen molar-refractivity contribution in [2.24, 2.45) is 0 Å². The van der Waals surface area contributed by atoms with Crippen molar-refractivity contribution in [3.63, 3.8) is 0 Å². The Hall–Kier alpha value is -1.63. The predicted molar refractivity (Wildman–Crippen MR) is 79.0 cm³/mol. The first-order valence-corrected chi connectivity index (χ1v) is 7.06. The maximum Gasteiger partial charge on any atom is 0.337 e. The fourth-order valence-electron chi connectivity index (χ4n) is 2.27. The van der Waals surface area contributed by atoms with Crippen LogP contribution in [0.1, 0.15) is 41.5 Å². The maximum atomic E-state index is 12.6. The lowest BCUT2D eigenvalue weighted by molar-refractivity contribution is 0.266. The van der Waals surface area contributed by atoms with E-state index in [1.807, 2.05) is 0 Å². The van der Waals surface area contributed by atoms with Crippen LogP contribution < -0.4 is 17.1 Å². The molecule has 0 spiro atoms. The maximum absolute atomic E-state index is 12.6. The molecule has 0 amide bonds. The summed E-state index contributed by atoms with van der Waals surface area (Å²) < 4.78 is 8.50. The van der Waals surface area contributed by atoms with Crippen LogP contribution in [0.15, 0.2) is 14.4 Å². The lowest BCUT2D eigenvalue weighted by atomic mass is 10.1. The van der Waals surface area contributed by atoms with E-state index in [9.17, 15) is 14.4 Å². The molecule has 21 heavy (non-hydrogen) atoms. The molecule has 1 atom stereocenters. The van der Waals surface area contributed by atoms with E-state index in [1.54, 1.807) is 41.5 Å². The average molecular weight is 297 g/mol. The number of epoxide rings is 1. The summed E-state index contributed by atoms with van der Waals surface area (Å²) in [6, 6.07) is 0. The van der Waals surface area contributed by atoms with E-state index < -0.39 is 28.1 Å². The molecule has 0 aliphatic carbocycles. The normalized spacial score (nSPS) is 18.9.